The van der Waals surface area contributed by atoms with E-state index in [1.807, 2.05) is 12.4 Å². The molecule has 1 heterocycles. The largest absolute Gasteiger partial charge is 0.383 e. The van der Waals surface area contributed by atoms with Crippen LogP contribution in [0, 0.1) is 0 Å². The van der Waals surface area contributed by atoms with E-state index in [-0.39, 0.29) is 0 Å². The van der Waals surface area contributed by atoms with Gasteiger partial charge in [0.1, 0.15) is 0 Å². The Bertz CT molecular complexity index is 292. The first-order chi connectivity index (χ1) is 8.83. The third-order valence-corrected chi connectivity index (χ3v) is 2.83. The minimum Gasteiger partial charge on any atom is -0.383 e. The number of unbranched alkanes of at least 4 members (excludes halogenated alkanes) is 1. The minimum absolute atomic E-state index is 0.794. The summed E-state index contributed by atoms with van der Waals surface area (Å²) in [5.74, 6) is 0. The Balaban J connectivity index is 1.99. The van der Waals surface area contributed by atoms with Gasteiger partial charge in [0, 0.05) is 32.6 Å². The van der Waals surface area contributed by atoms with Gasteiger partial charge in [0.15, 0.2) is 0 Å². The number of rotatable bonds is 10. The highest BCUT2D eigenvalue weighted by Crippen LogP contribution is 2.02. The van der Waals surface area contributed by atoms with Gasteiger partial charge in [-0.2, -0.15) is 0 Å². The molecule has 0 spiro atoms. The first-order valence-corrected chi connectivity index (χ1v) is 6.60. The van der Waals surface area contributed by atoms with Crippen molar-refractivity contribution < 1.29 is 4.74 Å². The predicted molar refractivity (Wildman–Crippen MR) is 74.6 cm³/mol. The molecule has 0 radical (unpaired) electrons. The Kier molecular flexibility index (Phi) is 8.38. The Morgan fingerprint density at radius 1 is 1.22 bits per heavy atom. The summed E-state index contributed by atoms with van der Waals surface area (Å²) in [6.45, 7) is 4.95. The molecular weight excluding hydrogens is 226 g/mol. The number of ether oxygens (including phenoxy) is 1. The molecule has 1 aromatic heterocycles. The fourth-order valence-corrected chi connectivity index (χ4v) is 1.81. The number of methoxy groups -OCH3 is 1. The van der Waals surface area contributed by atoms with Gasteiger partial charge in [-0.05, 0) is 50.7 Å². The molecular formula is C14H25N3O. The predicted octanol–water partition coefficient (Wildman–Crippen LogP) is 1.53. The van der Waals surface area contributed by atoms with Crippen LogP contribution in [0.1, 0.15) is 18.4 Å². The first kappa shape index (κ1) is 15.1. The summed E-state index contributed by atoms with van der Waals surface area (Å²) in [5.41, 5.74) is 1.32. The van der Waals surface area contributed by atoms with Crippen LogP contribution >= 0.6 is 0 Å². The molecule has 0 saturated heterocycles. The van der Waals surface area contributed by atoms with Gasteiger partial charge in [0.2, 0.25) is 0 Å². The van der Waals surface area contributed by atoms with E-state index in [0.717, 1.165) is 32.8 Å². The van der Waals surface area contributed by atoms with Crippen LogP contribution < -0.4 is 5.32 Å². The number of hydrogen-bond acceptors (Lipinski definition) is 4. The maximum atomic E-state index is 4.98. The van der Waals surface area contributed by atoms with Crippen LogP contribution in [0.15, 0.2) is 24.5 Å². The van der Waals surface area contributed by atoms with E-state index in [2.05, 4.69) is 34.4 Å². The third-order valence-electron chi connectivity index (χ3n) is 2.83. The molecule has 0 aliphatic rings. The Morgan fingerprint density at radius 2 is 2.00 bits per heavy atom. The van der Waals surface area contributed by atoms with Crippen LogP contribution in [0.4, 0.5) is 0 Å². The van der Waals surface area contributed by atoms with E-state index in [1.165, 1.54) is 18.4 Å². The molecule has 0 unspecified atom stereocenters. The van der Waals surface area contributed by atoms with Crippen molar-refractivity contribution in [1.82, 2.24) is 15.2 Å². The van der Waals surface area contributed by atoms with E-state index in [4.69, 9.17) is 4.74 Å². The van der Waals surface area contributed by atoms with Crippen molar-refractivity contribution in [3.05, 3.63) is 30.1 Å². The lowest BCUT2D eigenvalue weighted by Gasteiger charge is -2.16. The number of hydrogen-bond donors (Lipinski definition) is 1. The van der Waals surface area contributed by atoms with Gasteiger partial charge in [0.25, 0.3) is 0 Å². The molecule has 1 rings (SSSR count). The molecule has 0 bridgehead atoms. The summed E-state index contributed by atoms with van der Waals surface area (Å²) in [6, 6.07) is 4.14. The molecule has 0 aromatic carbocycles. The molecule has 4 heteroatoms. The van der Waals surface area contributed by atoms with Crippen LogP contribution in [0.3, 0.4) is 0 Å². The number of nitrogens with one attached hydrogen (secondary N) is 1. The van der Waals surface area contributed by atoms with Crippen LogP contribution in [0.2, 0.25) is 0 Å². The molecule has 0 fully saturated rings. The Labute approximate surface area is 110 Å². The smallest absolute Gasteiger partial charge is 0.0587 e. The van der Waals surface area contributed by atoms with Crippen LogP contribution in [-0.2, 0) is 11.3 Å². The van der Waals surface area contributed by atoms with Crippen LogP contribution in [0.5, 0.6) is 0 Å². The lowest BCUT2D eigenvalue weighted by Crippen LogP contribution is -2.23. The highest BCUT2D eigenvalue weighted by Gasteiger charge is 1.99. The van der Waals surface area contributed by atoms with Crippen LogP contribution in [-0.4, -0.2) is 50.3 Å². The van der Waals surface area contributed by atoms with Gasteiger partial charge in [0.05, 0.1) is 6.61 Å². The maximum Gasteiger partial charge on any atom is 0.0587 e. The monoisotopic (exact) mass is 251 g/mol. The highest BCUT2D eigenvalue weighted by molar-refractivity contribution is 5.09. The SMILES string of the molecule is COCCNCCCCN(C)Cc1ccncc1. The van der Waals surface area contributed by atoms with Gasteiger partial charge in [-0.3, -0.25) is 4.98 Å². The molecule has 0 amide bonds. The average molecular weight is 251 g/mol. The van der Waals surface area contributed by atoms with Gasteiger partial charge in [-0.15, -0.1) is 0 Å². The lowest BCUT2D eigenvalue weighted by atomic mass is 10.2. The summed E-state index contributed by atoms with van der Waals surface area (Å²) in [6.07, 6.45) is 6.14. The second-order valence-corrected chi connectivity index (χ2v) is 4.54. The maximum absolute atomic E-state index is 4.98. The lowest BCUT2D eigenvalue weighted by molar-refractivity contribution is 0.199. The highest BCUT2D eigenvalue weighted by atomic mass is 16.5. The standard InChI is InChI=1S/C14H25N3O/c1-17(13-14-5-8-16-9-6-14)11-4-3-7-15-10-12-18-2/h5-6,8-9,15H,3-4,7,10-13H2,1-2H3. The molecule has 1 N–H and O–H groups in total. The van der Waals surface area contributed by atoms with E-state index in [1.54, 1.807) is 7.11 Å². The van der Waals surface area contributed by atoms with E-state index in [9.17, 15) is 0 Å². The number of nitrogens with zero attached hydrogens (tertiary/aromatic N) is 2. The topological polar surface area (TPSA) is 37.4 Å². The second kappa shape index (κ2) is 10.00. The fourth-order valence-electron chi connectivity index (χ4n) is 1.81. The van der Waals surface area contributed by atoms with Crippen molar-refractivity contribution in [3.63, 3.8) is 0 Å². The van der Waals surface area contributed by atoms with Crippen molar-refractivity contribution in [3.8, 4) is 0 Å². The van der Waals surface area contributed by atoms with Gasteiger partial charge in [-0.25, -0.2) is 0 Å². The average Bonchev–Trinajstić information content (AvgIpc) is 2.39. The summed E-state index contributed by atoms with van der Waals surface area (Å²) >= 11 is 0. The summed E-state index contributed by atoms with van der Waals surface area (Å²) in [4.78, 5) is 6.38. The van der Waals surface area contributed by atoms with E-state index < -0.39 is 0 Å². The molecule has 1 aromatic rings. The molecule has 102 valence electrons. The van der Waals surface area contributed by atoms with E-state index >= 15 is 0 Å². The molecule has 4 nitrogen and oxygen atoms in total. The van der Waals surface area contributed by atoms with Crippen LogP contribution in [0.25, 0.3) is 0 Å². The summed E-state index contributed by atoms with van der Waals surface area (Å²) < 4.78 is 4.98. The summed E-state index contributed by atoms with van der Waals surface area (Å²) in [7, 11) is 3.90. The molecule has 0 aliphatic heterocycles. The zero-order valence-electron chi connectivity index (χ0n) is 11.6. The first-order valence-electron chi connectivity index (χ1n) is 6.60. The Hall–Kier alpha value is -0.970. The molecule has 0 saturated carbocycles. The zero-order chi connectivity index (χ0) is 13.1. The third kappa shape index (κ3) is 7.37. The normalized spacial score (nSPS) is 11.1. The van der Waals surface area contributed by atoms with Gasteiger partial charge >= 0.3 is 0 Å². The van der Waals surface area contributed by atoms with Gasteiger partial charge in [-0.1, -0.05) is 0 Å². The van der Waals surface area contributed by atoms with Crippen molar-refractivity contribution in [2.45, 2.75) is 19.4 Å². The minimum atomic E-state index is 0.794. The zero-order valence-corrected chi connectivity index (χ0v) is 11.6. The molecule has 18 heavy (non-hydrogen) atoms. The molecule has 0 atom stereocenters. The van der Waals surface area contributed by atoms with Crippen molar-refractivity contribution in [2.24, 2.45) is 0 Å². The number of pyridine rings is 1. The second-order valence-electron chi connectivity index (χ2n) is 4.54. The number of aromatic nitrogens is 1. The summed E-state index contributed by atoms with van der Waals surface area (Å²) in [5, 5.41) is 3.36. The quantitative estimate of drug-likeness (QED) is 0.640. The Morgan fingerprint density at radius 3 is 2.72 bits per heavy atom. The van der Waals surface area contributed by atoms with Crippen molar-refractivity contribution in [1.29, 1.82) is 0 Å². The molecule has 0 aliphatic carbocycles. The van der Waals surface area contributed by atoms with E-state index in [0.29, 0.717) is 0 Å². The van der Waals surface area contributed by atoms with Crippen molar-refractivity contribution in [2.75, 3.05) is 40.4 Å². The van der Waals surface area contributed by atoms with Crippen molar-refractivity contribution >= 4 is 0 Å². The fraction of sp³-hybridized carbons (Fsp3) is 0.643. The van der Waals surface area contributed by atoms with Gasteiger partial charge < -0.3 is 15.0 Å².